The van der Waals surface area contributed by atoms with E-state index >= 15 is 0 Å². The number of rotatable bonds is 7. The number of nitrogens with one attached hydrogen (secondary N) is 1. The number of carbonyl (C=O) groups excluding carboxylic acids is 1. The highest BCUT2D eigenvalue weighted by molar-refractivity contribution is 9.10. The molecule has 0 spiro atoms. The van der Waals surface area contributed by atoms with Crippen LogP contribution >= 0.6 is 15.9 Å². The summed E-state index contributed by atoms with van der Waals surface area (Å²) in [6.07, 6.45) is 0. The smallest absolute Gasteiger partial charge is 0.243 e. The lowest BCUT2D eigenvalue weighted by molar-refractivity contribution is -0.116. The summed E-state index contributed by atoms with van der Waals surface area (Å²) < 4.78 is 40.1. The van der Waals surface area contributed by atoms with E-state index in [1.807, 2.05) is 30.3 Å². The molecule has 0 saturated carbocycles. The Morgan fingerprint density at radius 2 is 1.62 bits per heavy atom. The molecule has 1 heterocycles. The molecule has 3 aromatic carbocycles. The molecule has 9 heteroatoms. The van der Waals surface area contributed by atoms with Crippen molar-refractivity contribution in [2.75, 3.05) is 25.1 Å². The molecule has 32 heavy (non-hydrogen) atoms. The van der Waals surface area contributed by atoms with Crippen LogP contribution in [0.5, 0.6) is 11.5 Å². The molecule has 0 aliphatic carbocycles. The van der Waals surface area contributed by atoms with Gasteiger partial charge in [-0.05, 0) is 42.0 Å². The van der Waals surface area contributed by atoms with Crippen molar-refractivity contribution in [2.45, 2.75) is 11.4 Å². The van der Waals surface area contributed by atoms with Gasteiger partial charge in [-0.3, -0.25) is 4.79 Å². The topological polar surface area (TPSA) is 84.9 Å². The van der Waals surface area contributed by atoms with Crippen molar-refractivity contribution < 1.29 is 22.7 Å². The van der Waals surface area contributed by atoms with Crippen LogP contribution in [0, 0.1) is 0 Å². The van der Waals surface area contributed by atoms with Crippen molar-refractivity contribution in [2.24, 2.45) is 0 Å². The molecule has 1 aliphatic heterocycles. The average molecular weight is 517 g/mol. The number of nitrogens with zero attached hydrogens (tertiary/aromatic N) is 1. The van der Waals surface area contributed by atoms with Crippen molar-refractivity contribution >= 4 is 37.5 Å². The Morgan fingerprint density at radius 1 is 0.938 bits per heavy atom. The first-order chi connectivity index (χ1) is 15.4. The van der Waals surface area contributed by atoms with Crippen LogP contribution < -0.4 is 14.8 Å². The predicted molar refractivity (Wildman–Crippen MR) is 124 cm³/mol. The number of anilines is 1. The summed E-state index contributed by atoms with van der Waals surface area (Å²) in [5.41, 5.74) is 1.35. The maximum absolute atomic E-state index is 13.5. The van der Waals surface area contributed by atoms with E-state index < -0.39 is 15.9 Å². The molecule has 3 aromatic rings. The van der Waals surface area contributed by atoms with E-state index in [2.05, 4.69) is 21.2 Å². The Balaban J connectivity index is 1.60. The Labute approximate surface area is 195 Å². The average Bonchev–Trinajstić information content (AvgIpc) is 2.80. The molecule has 0 aromatic heterocycles. The van der Waals surface area contributed by atoms with Gasteiger partial charge in [-0.15, -0.1) is 0 Å². The van der Waals surface area contributed by atoms with E-state index in [4.69, 9.17) is 9.47 Å². The third-order valence-electron chi connectivity index (χ3n) is 4.80. The van der Waals surface area contributed by atoms with Gasteiger partial charge < -0.3 is 14.8 Å². The molecule has 166 valence electrons. The monoisotopic (exact) mass is 516 g/mol. The lowest BCUT2D eigenvalue weighted by Gasteiger charge is -2.24. The van der Waals surface area contributed by atoms with Gasteiger partial charge in [-0.25, -0.2) is 8.42 Å². The number of amides is 1. The Hall–Kier alpha value is -2.88. The second-order valence-electron chi connectivity index (χ2n) is 7.12. The highest BCUT2D eigenvalue weighted by Gasteiger charge is 2.28. The van der Waals surface area contributed by atoms with E-state index in [1.165, 1.54) is 12.1 Å². The molecule has 7 nitrogen and oxygen atoms in total. The van der Waals surface area contributed by atoms with Crippen LogP contribution in [0.4, 0.5) is 5.69 Å². The molecule has 0 radical (unpaired) electrons. The van der Waals surface area contributed by atoms with Crippen molar-refractivity contribution in [3.8, 4) is 11.5 Å². The maximum Gasteiger partial charge on any atom is 0.243 e. The summed E-state index contributed by atoms with van der Waals surface area (Å²) in [6.45, 7) is 0.461. The summed E-state index contributed by atoms with van der Waals surface area (Å²) in [6, 6.07) is 20.7. The van der Waals surface area contributed by atoms with E-state index in [0.717, 1.165) is 14.3 Å². The van der Waals surface area contributed by atoms with Crippen LogP contribution in [-0.4, -0.2) is 38.4 Å². The second-order valence-corrected chi connectivity index (χ2v) is 9.97. The lowest BCUT2D eigenvalue weighted by Crippen LogP contribution is -2.37. The summed E-state index contributed by atoms with van der Waals surface area (Å²) >= 11 is 3.35. The summed E-state index contributed by atoms with van der Waals surface area (Å²) in [5, 5.41) is 2.75. The van der Waals surface area contributed by atoms with Crippen molar-refractivity contribution in [1.82, 2.24) is 4.31 Å². The van der Waals surface area contributed by atoms with Crippen LogP contribution in [0.3, 0.4) is 0 Å². The zero-order chi connectivity index (χ0) is 22.6. The first-order valence-corrected chi connectivity index (χ1v) is 12.1. The van der Waals surface area contributed by atoms with Crippen LogP contribution in [-0.2, 0) is 21.4 Å². The number of benzene rings is 3. The van der Waals surface area contributed by atoms with Crippen LogP contribution in [0.25, 0.3) is 0 Å². The number of fused-ring (bicyclic) bond motifs is 1. The van der Waals surface area contributed by atoms with Crippen molar-refractivity contribution in [1.29, 1.82) is 0 Å². The number of hydrogen-bond donors (Lipinski definition) is 1. The number of ether oxygens (including phenoxy) is 2. The molecular formula is C23H21BrN2O5S. The number of hydrogen-bond acceptors (Lipinski definition) is 5. The quantitative estimate of drug-likeness (QED) is 0.511. The molecule has 1 amide bonds. The lowest BCUT2D eigenvalue weighted by atomic mass is 10.2. The van der Waals surface area contributed by atoms with Gasteiger partial charge in [-0.1, -0.05) is 46.3 Å². The molecule has 0 bridgehead atoms. The van der Waals surface area contributed by atoms with E-state index in [1.54, 1.807) is 30.3 Å². The highest BCUT2D eigenvalue weighted by Crippen LogP contribution is 2.33. The van der Waals surface area contributed by atoms with Gasteiger partial charge in [0, 0.05) is 22.8 Å². The Morgan fingerprint density at radius 3 is 2.34 bits per heavy atom. The van der Waals surface area contributed by atoms with E-state index in [9.17, 15) is 13.2 Å². The fraction of sp³-hybridized carbons (Fsp3) is 0.174. The molecule has 0 saturated heterocycles. The van der Waals surface area contributed by atoms with Gasteiger partial charge in [0.05, 0.1) is 11.4 Å². The standard InChI is InChI=1S/C23H21BrN2O5S/c24-18-6-8-19(9-7-18)25-23(27)16-26(15-17-4-2-1-3-5-17)32(28,29)20-10-11-21-22(14-20)31-13-12-30-21/h1-11,14H,12-13,15-16H2,(H,25,27). The van der Waals surface area contributed by atoms with Crippen LogP contribution in [0.2, 0.25) is 0 Å². The minimum Gasteiger partial charge on any atom is -0.486 e. The van der Waals surface area contributed by atoms with E-state index in [0.29, 0.717) is 30.4 Å². The molecule has 4 rings (SSSR count). The highest BCUT2D eigenvalue weighted by atomic mass is 79.9. The molecule has 0 fully saturated rings. The zero-order valence-electron chi connectivity index (χ0n) is 17.0. The van der Waals surface area contributed by atoms with Gasteiger partial charge in [-0.2, -0.15) is 4.31 Å². The molecule has 0 atom stereocenters. The van der Waals surface area contributed by atoms with Crippen LogP contribution in [0.1, 0.15) is 5.56 Å². The maximum atomic E-state index is 13.5. The third-order valence-corrected chi connectivity index (χ3v) is 7.12. The Kier molecular flexibility index (Phi) is 6.78. The summed E-state index contributed by atoms with van der Waals surface area (Å²) in [7, 11) is -4.00. The first-order valence-electron chi connectivity index (χ1n) is 9.91. The fourth-order valence-corrected chi connectivity index (χ4v) is 4.90. The van der Waals surface area contributed by atoms with Gasteiger partial charge in [0.2, 0.25) is 15.9 Å². The molecule has 1 aliphatic rings. The molecule has 1 N–H and O–H groups in total. The number of halogens is 1. The summed E-state index contributed by atoms with van der Waals surface area (Å²) in [4.78, 5) is 12.8. The predicted octanol–water partition coefficient (Wildman–Crippen LogP) is 4.05. The fourth-order valence-electron chi connectivity index (χ4n) is 3.24. The minimum atomic E-state index is -4.00. The van der Waals surface area contributed by atoms with Gasteiger partial charge >= 0.3 is 0 Å². The van der Waals surface area contributed by atoms with E-state index in [-0.39, 0.29) is 18.0 Å². The van der Waals surface area contributed by atoms with Gasteiger partial charge in [0.15, 0.2) is 11.5 Å². The van der Waals surface area contributed by atoms with Crippen LogP contribution in [0.15, 0.2) is 82.2 Å². The largest absolute Gasteiger partial charge is 0.486 e. The minimum absolute atomic E-state index is 0.0362. The number of carbonyl (C=O) groups is 1. The van der Waals surface area contributed by atoms with Crippen molar-refractivity contribution in [3.63, 3.8) is 0 Å². The van der Waals surface area contributed by atoms with Crippen molar-refractivity contribution in [3.05, 3.63) is 82.8 Å². The number of sulfonamides is 1. The molecular weight excluding hydrogens is 496 g/mol. The van der Waals surface area contributed by atoms with Gasteiger partial charge in [0.1, 0.15) is 13.2 Å². The third kappa shape index (κ3) is 5.29. The SMILES string of the molecule is O=C(CN(Cc1ccccc1)S(=O)(=O)c1ccc2c(c1)OCCO2)Nc1ccc(Br)cc1. The normalized spacial score (nSPS) is 13.1. The first kappa shape index (κ1) is 22.3. The van der Waals surface area contributed by atoms with Gasteiger partial charge in [0.25, 0.3) is 0 Å². The Bertz CT molecular complexity index is 1200. The summed E-state index contributed by atoms with van der Waals surface area (Å²) in [5.74, 6) is 0.429. The molecule has 0 unspecified atom stereocenters. The zero-order valence-corrected chi connectivity index (χ0v) is 19.4. The second kappa shape index (κ2) is 9.72.